The summed E-state index contributed by atoms with van der Waals surface area (Å²) in [7, 11) is 0. The Morgan fingerprint density at radius 2 is 1.80 bits per heavy atom. The minimum Gasteiger partial charge on any atom is -0.464 e. The minimum atomic E-state index is -0.188. The maximum Gasteiger partial charge on any atom is 0.242 e. The second-order valence-corrected chi connectivity index (χ2v) is 7.99. The number of nitrogens with zero attached hydrogens (tertiary/aromatic N) is 2. The van der Waals surface area contributed by atoms with Crippen LogP contribution in [0.2, 0.25) is 5.02 Å². The number of hydrogen-bond donors (Lipinski definition) is 1. The van der Waals surface area contributed by atoms with E-state index < -0.39 is 0 Å². The molecule has 0 spiro atoms. The summed E-state index contributed by atoms with van der Waals surface area (Å²) in [4.78, 5) is 28.9. The van der Waals surface area contributed by atoms with Crippen molar-refractivity contribution in [2.24, 2.45) is 0 Å². The lowest BCUT2D eigenvalue weighted by molar-refractivity contribution is -0.133. The molecule has 2 heterocycles. The van der Waals surface area contributed by atoms with Crippen molar-refractivity contribution >= 4 is 40.1 Å². The Hall–Kier alpha value is -2.99. The number of halogens is 1. The van der Waals surface area contributed by atoms with Crippen LogP contribution in [0.25, 0.3) is 11.0 Å². The van der Waals surface area contributed by atoms with E-state index in [0.29, 0.717) is 18.1 Å². The van der Waals surface area contributed by atoms with E-state index in [1.165, 1.54) is 0 Å². The van der Waals surface area contributed by atoms with Crippen molar-refractivity contribution in [1.29, 1.82) is 0 Å². The molecule has 1 N–H and O–H groups in total. The van der Waals surface area contributed by atoms with Crippen LogP contribution in [0.3, 0.4) is 0 Å². The Morgan fingerprint density at radius 3 is 2.53 bits per heavy atom. The van der Waals surface area contributed by atoms with Gasteiger partial charge in [0.1, 0.15) is 5.58 Å². The smallest absolute Gasteiger partial charge is 0.242 e. The second-order valence-electron chi connectivity index (χ2n) is 7.56. The summed E-state index contributed by atoms with van der Waals surface area (Å²) in [5.74, 6) is -0.252. The lowest BCUT2D eigenvalue weighted by Crippen LogP contribution is -2.51. The quantitative estimate of drug-likeness (QED) is 0.680. The summed E-state index contributed by atoms with van der Waals surface area (Å²) in [6, 6.07) is 13.6. The third kappa shape index (κ3) is 4.60. The normalized spacial score (nSPS) is 14.2. The molecule has 0 atom stereocenters. The van der Waals surface area contributed by atoms with E-state index in [0.717, 1.165) is 40.9 Å². The lowest BCUT2D eigenvalue weighted by Gasteiger charge is -2.36. The third-order valence-electron chi connectivity index (χ3n) is 5.42. The van der Waals surface area contributed by atoms with Crippen LogP contribution in [0, 0.1) is 6.92 Å². The van der Waals surface area contributed by atoms with Crippen LogP contribution in [0.4, 0.5) is 5.69 Å². The van der Waals surface area contributed by atoms with Gasteiger partial charge >= 0.3 is 0 Å². The molecule has 1 saturated heterocycles. The zero-order chi connectivity index (χ0) is 21.1. The van der Waals surface area contributed by atoms with Gasteiger partial charge in [0.15, 0.2) is 0 Å². The van der Waals surface area contributed by atoms with E-state index in [-0.39, 0.29) is 24.8 Å². The Bertz CT molecular complexity index is 1050. The maximum atomic E-state index is 12.5. The molecule has 2 aromatic carbocycles. The molecule has 6 nitrogen and oxygen atoms in total. The molecule has 0 aliphatic carbocycles. The van der Waals surface area contributed by atoms with Crippen molar-refractivity contribution < 1.29 is 14.0 Å². The number of anilines is 1. The number of hydrogen-bond acceptors (Lipinski definition) is 4. The van der Waals surface area contributed by atoms with E-state index in [1.807, 2.05) is 49.4 Å². The Morgan fingerprint density at radius 1 is 1.07 bits per heavy atom. The number of furan rings is 1. The molecule has 1 fully saturated rings. The standard InChI is InChI=1S/C23H24ClN3O3/c1-16-2-7-20-17(15-30-21(20)12-16)13-22(28)25-14-23(29)27-10-8-26(9-11-27)19-5-3-18(24)4-6-19/h2-7,12,15H,8-11,13-14H2,1H3,(H,25,28). The number of carbonyl (C=O) groups is 2. The van der Waals surface area contributed by atoms with Crippen molar-refractivity contribution in [3.05, 3.63) is 64.9 Å². The molecule has 0 saturated carbocycles. The zero-order valence-electron chi connectivity index (χ0n) is 16.9. The summed E-state index contributed by atoms with van der Waals surface area (Å²) in [5.41, 5.74) is 3.80. The van der Waals surface area contributed by atoms with Crippen LogP contribution < -0.4 is 10.2 Å². The van der Waals surface area contributed by atoms with Gasteiger partial charge in [-0.1, -0.05) is 23.7 Å². The summed E-state index contributed by atoms with van der Waals surface area (Å²) in [5, 5.41) is 4.38. The molecule has 7 heteroatoms. The minimum absolute atomic E-state index is 0.00860. The molecule has 4 rings (SSSR count). The van der Waals surface area contributed by atoms with E-state index in [2.05, 4.69) is 10.2 Å². The number of carbonyl (C=O) groups excluding carboxylic acids is 2. The van der Waals surface area contributed by atoms with Crippen LogP contribution in [0.15, 0.2) is 53.1 Å². The molecular weight excluding hydrogens is 402 g/mol. The molecule has 3 aromatic rings. The van der Waals surface area contributed by atoms with Crippen LogP contribution >= 0.6 is 11.6 Å². The van der Waals surface area contributed by atoms with Gasteiger partial charge < -0.3 is 19.5 Å². The second kappa shape index (κ2) is 8.79. The van der Waals surface area contributed by atoms with Gasteiger partial charge in [-0.3, -0.25) is 9.59 Å². The zero-order valence-corrected chi connectivity index (χ0v) is 17.6. The van der Waals surface area contributed by atoms with Gasteiger partial charge in [0.05, 0.1) is 19.2 Å². The van der Waals surface area contributed by atoms with Gasteiger partial charge in [-0.2, -0.15) is 0 Å². The maximum absolute atomic E-state index is 12.5. The monoisotopic (exact) mass is 425 g/mol. The first-order valence-electron chi connectivity index (χ1n) is 10.0. The number of amides is 2. The van der Waals surface area contributed by atoms with Gasteiger partial charge in [-0.05, 0) is 42.8 Å². The van der Waals surface area contributed by atoms with Gasteiger partial charge in [-0.15, -0.1) is 0 Å². The van der Waals surface area contributed by atoms with Crippen LogP contribution in [0.5, 0.6) is 0 Å². The number of piperazine rings is 1. The fourth-order valence-corrected chi connectivity index (χ4v) is 3.84. The van der Waals surface area contributed by atoms with E-state index in [4.69, 9.17) is 16.0 Å². The highest BCUT2D eigenvalue weighted by molar-refractivity contribution is 6.30. The van der Waals surface area contributed by atoms with Crippen LogP contribution in [-0.2, 0) is 16.0 Å². The highest BCUT2D eigenvalue weighted by Crippen LogP contribution is 2.23. The number of fused-ring (bicyclic) bond motifs is 1. The van der Waals surface area contributed by atoms with Crippen molar-refractivity contribution in [3.8, 4) is 0 Å². The summed E-state index contributed by atoms with van der Waals surface area (Å²) in [6.07, 6.45) is 1.80. The fourth-order valence-electron chi connectivity index (χ4n) is 3.71. The van der Waals surface area contributed by atoms with E-state index in [1.54, 1.807) is 11.2 Å². The Balaban J connectivity index is 1.25. The molecule has 0 bridgehead atoms. The molecule has 1 aromatic heterocycles. The fraction of sp³-hybridized carbons (Fsp3) is 0.304. The number of nitrogens with one attached hydrogen (secondary N) is 1. The lowest BCUT2D eigenvalue weighted by atomic mass is 10.1. The van der Waals surface area contributed by atoms with Gasteiger partial charge in [0.2, 0.25) is 11.8 Å². The molecule has 2 amide bonds. The summed E-state index contributed by atoms with van der Waals surface area (Å²) >= 11 is 5.94. The third-order valence-corrected chi connectivity index (χ3v) is 5.68. The van der Waals surface area contributed by atoms with Crippen molar-refractivity contribution in [3.63, 3.8) is 0 Å². The topological polar surface area (TPSA) is 65.8 Å². The largest absolute Gasteiger partial charge is 0.464 e. The first kappa shape index (κ1) is 20.3. The van der Waals surface area contributed by atoms with E-state index in [9.17, 15) is 9.59 Å². The highest BCUT2D eigenvalue weighted by atomic mass is 35.5. The molecule has 0 radical (unpaired) electrons. The van der Waals surface area contributed by atoms with Crippen LogP contribution in [0.1, 0.15) is 11.1 Å². The predicted molar refractivity (Wildman–Crippen MR) is 118 cm³/mol. The number of rotatable bonds is 5. The van der Waals surface area contributed by atoms with Crippen molar-refractivity contribution in [1.82, 2.24) is 10.2 Å². The van der Waals surface area contributed by atoms with Gasteiger partial charge in [0, 0.05) is 47.8 Å². The molecule has 1 aliphatic rings. The number of benzene rings is 2. The Labute approximate surface area is 180 Å². The molecule has 156 valence electrons. The van der Waals surface area contributed by atoms with Crippen molar-refractivity contribution in [2.45, 2.75) is 13.3 Å². The van der Waals surface area contributed by atoms with Crippen molar-refractivity contribution in [2.75, 3.05) is 37.6 Å². The van der Waals surface area contributed by atoms with E-state index >= 15 is 0 Å². The average molecular weight is 426 g/mol. The molecule has 1 aliphatic heterocycles. The van der Waals surface area contributed by atoms with Gasteiger partial charge in [0.25, 0.3) is 0 Å². The predicted octanol–water partition coefficient (Wildman–Crippen LogP) is 3.40. The summed E-state index contributed by atoms with van der Waals surface area (Å²) in [6.45, 7) is 4.76. The Kier molecular flexibility index (Phi) is 5.95. The summed E-state index contributed by atoms with van der Waals surface area (Å²) < 4.78 is 5.54. The molecule has 30 heavy (non-hydrogen) atoms. The van der Waals surface area contributed by atoms with Crippen LogP contribution in [-0.4, -0.2) is 49.4 Å². The first-order chi connectivity index (χ1) is 14.5. The highest BCUT2D eigenvalue weighted by Gasteiger charge is 2.21. The molecular formula is C23H24ClN3O3. The average Bonchev–Trinajstić information content (AvgIpc) is 3.14. The SMILES string of the molecule is Cc1ccc2c(CC(=O)NCC(=O)N3CCN(c4ccc(Cl)cc4)CC3)coc2c1. The molecule has 0 unspecified atom stereocenters. The first-order valence-corrected chi connectivity index (χ1v) is 10.4. The number of aryl methyl sites for hydroxylation is 1. The van der Waals surface area contributed by atoms with Gasteiger partial charge in [-0.25, -0.2) is 0 Å².